The third-order valence-electron chi connectivity index (χ3n) is 23.4. The average molecular weight is 1390 g/mol. The van der Waals surface area contributed by atoms with Gasteiger partial charge in [0.15, 0.2) is 0 Å². The molecule has 12 atom stereocenters. The first kappa shape index (κ1) is 78.4. The predicted octanol–water partition coefficient (Wildman–Crippen LogP) is 20.0. The number of rotatable bonds is 16. The summed E-state index contributed by atoms with van der Waals surface area (Å²) < 4.78 is 25.3. The zero-order chi connectivity index (χ0) is 71.8. The number of carbonyl (C=O) groups is 4. The number of nitrogens with zero attached hydrogens (tertiary/aromatic N) is 4. The minimum Gasteiger partial charge on any atom is -0.663 e. The topological polar surface area (TPSA) is 158 Å². The van der Waals surface area contributed by atoms with Crippen molar-refractivity contribution in [1.29, 1.82) is 0 Å². The van der Waals surface area contributed by atoms with Crippen LogP contribution in [-0.4, -0.2) is 60.2 Å². The monoisotopic (exact) mass is 1390 g/mol. The fraction of sp³-hybridized carbons (Fsp3) is 0.605. The summed E-state index contributed by atoms with van der Waals surface area (Å²) in [6.07, 6.45) is 15.5. The maximum Gasteiger partial charge on any atom is 2.00 e. The number of aryl methyl sites for hydroxylation is 7. The molecule has 0 N–H and O–H groups in total. The second kappa shape index (κ2) is 32.8. The predicted molar refractivity (Wildman–Crippen MR) is 398 cm³/mol. The van der Waals surface area contributed by atoms with E-state index in [0.717, 1.165) is 118 Å². The van der Waals surface area contributed by atoms with E-state index in [2.05, 4.69) is 149 Å². The first-order valence-corrected chi connectivity index (χ1v) is 37.4. The summed E-state index contributed by atoms with van der Waals surface area (Å²) >= 11 is 0. The van der Waals surface area contributed by atoms with E-state index in [0.29, 0.717) is 127 Å². The van der Waals surface area contributed by atoms with Crippen LogP contribution in [0.4, 0.5) is 0 Å². The zero-order valence-electron chi connectivity index (χ0n) is 64.6. The Morgan fingerprint density at radius 2 is 0.818 bits per heavy atom. The van der Waals surface area contributed by atoms with E-state index in [9.17, 15) is 19.2 Å². The minimum atomic E-state index is -0.314. The summed E-state index contributed by atoms with van der Waals surface area (Å²) in [7, 11) is 0. The standard InChI is InChI=1S/C44H62N2O4.C42H58N2O4.Co/c1-22(2)33-16-14-24(5)20-35(33)49-43(47)38-29(10)41(45-31(38)12)40(37-27(8)18-26(7)19-28(37)9)42-30(11)39(32(13)46-42)44(48)50-36-21-25(6)15-17-34(36)23(3)4;1-22(2)31-14-12-24(5)18-35(31)47-41(45)33-20-43-39(29(33)10)38(37-27(8)16-26(7)17-28(37)9)40-30(11)34(21-44-40)42(46)48-36-19-25(6)13-15-32(36)23(3)4;/h18-19,22-25,33-36H,14-17,20-21H2,1-13H3,(H,45,46,47,48);16-17,20-25,31-32,35-36H,12-15,18-19H2,1-11H3,(H,43,44,45,46);/q;;+2/p-2. The van der Waals surface area contributed by atoms with E-state index in [1.807, 2.05) is 41.5 Å². The van der Waals surface area contributed by atoms with Crippen molar-refractivity contribution in [2.45, 2.75) is 268 Å². The van der Waals surface area contributed by atoms with Gasteiger partial charge in [0.25, 0.3) is 0 Å². The van der Waals surface area contributed by atoms with Crippen LogP contribution in [0.2, 0.25) is 0 Å². The number of aromatic nitrogens is 2. The second-order valence-electron chi connectivity index (χ2n) is 32.8. The Kier molecular flexibility index (Phi) is 26.0. The quantitative estimate of drug-likeness (QED) is 0.0781. The molecule has 0 spiro atoms. The van der Waals surface area contributed by atoms with Gasteiger partial charge in [-0.2, -0.15) is 6.20 Å². The van der Waals surface area contributed by atoms with E-state index in [1.165, 1.54) is 36.8 Å². The Labute approximate surface area is 605 Å². The molecule has 0 bridgehead atoms. The number of carbonyl (C=O) groups excluding carboxylic acids is 4. The van der Waals surface area contributed by atoms with Crippen LogP contribution in [0.3, 0.4) is 0 Å². The molecule has 13 heteroatoms. The van der Waals surface area contributed by atoms with E-state index >= 15 is 0 Å². The van der Waals surface area contributed by atoms with Crippen molar-refractivity contribution in [3.8, 4) is 0 Å². The number of hydrogen-bond acceptors (Lipinski definition) is 10. The molecule has 4 aliphatic carbocycles. The van der Waals surface area contributed by atoms with Crippen LogP contribution in [0, 0.1) is 133 Å². The van der Waals surface area contributed by atoms with Crippen molar-refractivity contribution in [3.05, 3.63) is 148 Å². The Morgan fingerprint density at radius 1 is 0.444 bits per heavy atom. The minimum absolute atomic E-state index is 0. The summed E-state index contributed by atoms with van der Waals surface area (Å²) in [5.74, 6) is 4.08. The Hall–Kier alpha value is -6.31. The zero-order valence-corrected chi connectivity index (χ0v) is 65.6. The van der Waals surface area contributed by atoms with Crippen molar-refractivity contribution in [2.24, 2.45) is 81.0 Å². The normalized spacial score (nSPS) is 26.7. The van der Waals surface area contributed by atoms with E-state index < -0.39 is 0 Å². The van der Waals surface area contributed by atoms with Gasteiger partial charge >= 0.3 is 40.7 Å². The largest absolute Gasteiger partial charge is 2.00 e. The van der Waals surface area contributed by atoms with E-state index in [-0.39, 0.29) is 65.1 Å². The second-order valence-corrected chi connectivity index (χ2v) is 32.8. The van der Waals surface area contributed by atoms with E-state index in [4.69, 9.17) is 38.9 Å². The van der Waals surface area contributed by atoms with Crippen LogP contribution in [0.15, 0.2) is 74.1 Å². The van der Waals surface area contributed by atoms with E-state index in [1.54, 1.807) is 12.4 Å². The number of hydrogen-bond donors (Lipinski definition) is 0. The van der Waals surface area contributed by atoms with Crippen LogP contribution in [-0.2, 0) is 45.3 Å². The number of aliphatic imine (C=N–C) groups is 2. The maximum atomic E-state index is 14.1. The van der Waals surface area contributed by atoms with Crippen molar-refractivity contribution in [3.63, 3.8) is 0 Å². The molecular weight excluding hydrogens is 1280 g/mol. The smallest absolute Gasteiger partial charge is 0.663 e. The van der Waals surface area contributed by atoms with Gasteiger partial charge in [0.1, 0.15) is 24.4 Å². The first-order chi connectivity index (χ1) is 46.2. The molecule has 10 rings (SSSR count). The average Bonchev–Trinajstić information content (AvgIpc) is 1.63. The van der Waals surface area contributed by atoms with Gasteiger partial charge in [-0.25, -0.2) is 19.2 Å². The fourth-order valence-electron chi connectivity index (χ4n) is 17.9. The number of allylic oxidation sites excluding steroid dienone is 2. The van der Waals surface area contributed by atoms with Gasteiger partial charge in [-0.1, -0.05) is 162 Å². The van der Waals surface area contributed by atoms with Gasteiger partial charge in [0, 0.05) is 17.3 Å². The summed E-state index contributed by atoms with van der Waals surface area (Å²) in [4.78, 5) is 75.7. The molecule has 6 aliphatic rings. The summed E-state index contributed by atoms with van der Waals surface area (Å²) in [5.41, 5.74) is 19.7. The summed E-state index contributed by atoms with van der Waals surface area (Å²) in [6, 6.07) is 8.68. The first-order valence-electron chi connectivity index (χ1n) is 37.4. The van der Waals surface area contributed by atoms with Crippen LogP contribution in [0.5, 0.6) is 0 Å². The molecule has 0 saturated heterocycles. The van der Waals surface area contributed by atoms with Gasteiger partial charge in [-0.3, -0.25) is 9.98 Å². The third kappa shape index (κ3) is 17.1. The van der Waals surface area contributed by atoms with Crippen molar-refractivity contribution < 1.29 is 54.9 Å². The maximum absolute atomic E-state index is 14.1. The van der Waals surface area contributed by atoms with Gasteiger partial charge in [0.05, 0.1) is 28.3 Å². The Bertz CT molecular complexity index is 3830. The number of ether oxygens (including phenoxy) is 4. The molecule has 2 aromatic heterocycles. The van der Waals surface area contributed by atoms with Gasteiger partial charge < -0.3 is 28.9 Å². The molecule has 1 radical (unpaired) electrons. The molecule has 4 heterocycles. The Morgan fingerprint density at radius 3 is 1.22 bits per heavy atom. The van der Waals surface area contributed by atoms with Crippen molar-refractivity contribution in [2.75, 3.05) is 0 Å². The van der Waals surface area contributed by atoms with Crippen LogP contribution < -0.4 is 9.97 Å². The number of esters is 4. The molecule has 4 saturated carbocycles. The molecule has 4 aromatic rings. The summed E-state index contributed by atoms with van der Waals surface area (Å²) in [6.45, 7) is 51.1. The Balaban J connectivity index is 0.000000250. The van der Waals surface area contributed by atoms with Crippen LogP contribution >= 0.6 is 0 Å². The van der Waals surface area contributed by atoms with Crippen molar-refractivity contribution >= 4 is 46.9 Å². The molecule has 2 aliphatic heterocycles. The molecule has 539 valence electrons. The molecule has 4 fully saturated rings. The summed E-state index contributed by atoms with van der Waals surface area (Å²) in [5, 5.41) is 0. The molecule has 0 amide bonds. The van der Waals surface area contributed by atoms with Gasteiger partial charge in [-0.15, -0.1) is 17.1 Å². The van der Waals surface area contributed by atoms with Crippen molar-refractivity contribution in [1.82, 2.24) is 9.97 Å². The molecular formula is C86H118CoN4O8. The van der Waals surface area contributed by atoms with Gasteiger partial charge in [0.2, 0.25) is 0 Å². The SMILES string of the molecule is CC1=C(C(=O)OC2CC(C)CCC2C(C)C)C=N/C1=C(\c1[n-]cc(C(=O)OC2CC(C)CCC2C(C)C)c1C)c1c(C)cc(C)cc1C.CC1=N/C(=C(\c2[n-]c(C)c(C(=O)OC3CC(C)CCC3C(C)C)c2C)c2c(C)cc(C)cc2C)C(C)=C1C(=O)OC1CC(C)CCC1C(C)C.[Co+2]. The van der Waals surface area contributed by atoms with Gasteiger partial charge in [-0.05, 0) is 254 Å². The number of benzene rings is 2. The molecule has 12 unspecified atom stereocenters. The molecule has 12 nitrogen and oxygen atoms in total. The third-order valence-corrected chi connectivity index (χ3v) is 23.4. The van der Waals surface area contributed by atoms with Crippen LogP contribution in [0.25, 0.3) is 11.1 Å². The molecule has 2 aromatic carbocycles. The van der Waals surface area contributed by atoms with Crippen LogP contribution in [0.1, 0.15) is 274 Å². The molecule has 99 heavy (non-hydrogen) atoms. The fourth-order valence-corrected chi connectivity index (χ4v) is 17.9.